The Morgan fingerprint density at radius 2 is 2.00 bits per heavy atom. The van der Waals surface area contributed by atoms with Crippen molar-refractivity contribution in [3.05, 3.63) is 0 Å². The lowest BCUT2D eigenvalue weighted by Crippen LogP contribution is -2.56. The van der Waals surface area contributed by atoms with Gasteiger partial charge in [0.15, 0.2) is 0 Å². The molecule has 1 saturated carbocycles. The average molecular weight is 228 g/mol. The van der Waals surface area contributed by atoms with Crippen molar-refractivity contribution < 1.29 is 4.79 Å². The van der Waals surface area contributed by atoms with Gasteiger partial charge in [-0.2, -0.15) is 0 Å². The van der Waals surface area contributed by atoms with Crippen molar-refractivity contribution in [1.29, 1.82) is 0 Å². The minimum Gasteiger partial charge on any atom is -0.304 e. The molecule has 0 spiro atoms. The Kier molecular flexibility index (Phi) is 4.70. The molecule has 0 aromatic heterocycles. The lowest BCUT2D eigenvalue weighted by Gasteiger charge is -2.49. The molecule has 0 aromatic carbocycles. The molecule has 1 amide bonds. The summed E-state index contributed by atoms with van der Waals surface area (Å²) in [4.78, 5) is 15.6. The van der Waals surface area contributed by atoms with Crippen LogP contribution < -0.4 is 11.3 Å². The van der Waals surface area contributed by atoms with Crippen LogP contribution in [0.15, 0.2) is 0 Å². The standard InChI is InChI=1S/C11H24N4O/c1-14(2)11(6-4-7-11)9-15(3)8-5-10(16)13-12/h4-9,12H2,1-3H3,(H,13,16). The Morgan fingerprint density at radius 1 is 1.38 bits per heavy atom. The fraction of sp³-hybridized carbons (Fsp3) is 0.909. The van der Waals surface area contributed by atoms with E-state index in [0.29, 0.717) is 12.0 Å². The van der Waals surface area contributed by atoms with Crippen LogP contribution in [0.3, 0.4) is 0 Å². The van der Waals surface area contributed by atoms with Crippen molar-refractivity contribution in [2.24, 2.45) is 5.84 Å². The Labute approximate surface area is 97.9 Å². The predicted octanol–water partition coefficient (Wildman–Crippen LogP) is -0.217. The van der Waals surface area contributed by atoms with Gasteiger partial charge in [-0.25, -0.2) is 5.84 Å². The van der Waals surface area contributed by atoms with Gasteiger partial charge >= 0.3 is 0 Å². The van der Waals surface area contributed by atoms with Crippen LogP contribution in [0.4, 0.5) is 0 Å². The monoisotopic (exact) mass is 228 g/mol. The summed E-state index contributed by atoms with van der Waals surface area (Å²) in [5.41, 5.74) is 2.49. The van der Waals surface area contributed by atoms with E-state index in [1.165, 1.54) is 19.3 Å². The highest BCUT2D eigenvalue weighted by atomic mass is 16.2. The Bertz CT molecular complexity index is 238. The number of nitrogens with one attached hydrogen (secondary N) is 1. The van der Waals surface area contributed by atoms with E-state index in [0.717, 1.165) is 13.1 Å². The first-order chi connectivity index (χ1) is 7.50. The number of amides is 1. The van der Waals surface area contributed by atoms with E-state index in [4.69, 9.17) is 5.84 Å². The molecular formula is C11H24N4O. The third kappa shape index (κ3) is 3.17. The molecule has 5 nitrogen and oxygen atoms in total. The van der Waals surface area contributed by atoms with E-state index < -0.39 is 0 Å². The second-order valence-electron chi connectivity index (χ2n) is 5.03. The maximum Gasteiger partial charge on any atom is 0.235 e. The van der Waals surface area contributed by atoms with Gasteiger partial charge in [0.25, 0.3) is 0 Å². The quantitative estimate of drug-likeness (QED) is 0.375. The van der Waals surface area contributed by atoms with Crippen LogP contribution in [0.2, 0.25) is 0 Å². The molecule has 1 rings (SSSR count). The summed E-state index contributed by atoms with van der Waals surface area (Å²) in [5.74, 6) is 4.95. The van der Waals surface area contributed by atoms with Crippen molar-refractivity contribution >= 4 is 5.91 Å². The van der Waals surface area contributed by atoms with Gasteiger partial charge in [0.2, 0.25) is 5.91 Å². The minimum absolute atomic E-state index is 0.0978. The van der Waals surface area contributed by atoms with Crippen molar-refractivity contribution in [2.45, 2.75) is 31.2 Å². The van der Waals surface area contributed by atoms with E-state index in [1.54, 1.807) is 0 Å². The number of hydrazine groups is 1. The number of nitrogens with zero attached hydrogens (tertiary/aromatic N) is 2. The molecule has 0 bridgehead atoms. The number of rotatable bonds is 6. The molecule has 0 heterocycles. The van der Waals surface area contributed by atoms with Crippen molar-refractivity contribution in [1.82, 2.24) is 15.2 Å². The highest BCUT2D eigenvalue weighted by Gasteiger charge is 2.39. The first-order valence-corrected chi connectivity index (χ1v) is 5.85. The SMILES string of the molecule is CN(CCC(=O)NN)CC1(N(C)C)CCC1. The topological polar surface area (TPSA) is 61.6 Å². The summed E-state index contributed by atoms with van der Waals surface area (Å²) < 4.78 is 0. The number of hydrogen-bond donors (Lipinski definition) is 2. The van der Waals surface area contributed by atoms with E-state index in [2.05, 4.69) is 36.4 Å². The molecule has 3 N–H and O–H groups in total. The highest BCUT2D eigenvalue weighted by molar-refractivity contribution is 5.75. The smallest absolute Gasteiger partial charge is 0.235 e. The molecule has 16 heavy (non-hydrogen) atoms. The summed E-state index contributed by atoms with van der Waals surface area (Å²) in [5, 5.41) is 0. The molecule has 5 heteroatoms. The van der Waals surface area contributed by atoms with Crippen molar-refractivity contribution in [3.63, 3.8) is 0 Å². The fourth-order valence-electron chi connectivity index (χ4n) is 2.28. The molecule has 0 aromatic rings. The molecule has 0 aliphatic heterocycles. The van der Waals surface area contributed by atoms with Crippen LogP contribution in [-0.2, 0) is 4.79 Å². The maximum atomic E-state index is 11.0. The summed E-state index contributed by atoms with van der Waals surface area (Å²) >= 11 is 0. The number of likely N-dealkylation sites (N-methyl/N-ethyl adjacent to an activating group) is 2. The molecule has 0 radical (unpaired) electrons. The molecule has 0 saturated heterocycles. The maximum absolute atomic E-state index is 11.0. The lowest BCUT2D eigenvalue weighted by molar-refractivity contribution is -0.121. The molecular weight excluding hydrogens is 204 g/mol. The summed E-state index contributed by atoms with van der Waals surface area (Å²) in [6.07, 6.45) is 4.30. The molecule has 1 aliphatic rings. The Balaban J connectivity index is 2.32. The largest absolute Gasteiger partial charge is 0.304 e. The molecule has 94 valence electrons. The van der Waals surface area contributed by atoms with Gasteiger partial charge < -0.3 is 9.80 Å². The first-order valence-electron chi connectivity index (χ1n) is 5.85. The predicted molar refractivity (Wildman–Crippen MR) is 64.7 cm³/mol. The molecule has 0 unspecified atom stereocenters. The molecule has 0 atom stereocenters. The van der Waals surface area contributed by atoms with Crippen molar-refractivity contribution in [3.8, 4) is 0 Å². The third-order valence-corrected chi connectivity index (χ3v) is 3.68. The van der Waals surface area contributed by atoms with Gasteiger partial charge in [-0.1, -0.05) is 0 Å². The Hall–Kier alpha value is -0.650. The van der Waals surface area contributed by atoms with E-state index in [1.807, 2.05) is 0 Å². The van der Waals surface area contributed by atoms with Crippen LogP contribution in [0.5, 0.6) is 0 Å². The fourth-order valence-corrected chi connectivity index (χ4v) is 2.28. The van der Waals surface area contributed by atoms with E-state index in [9.17, 15) is 4.79 Å². The minimum atomic E-state index is -0.0978. The van der Waals surface area contributed by atoms with Gasteiger partial charge in [0.1, 0.15) is 0 Å². The van der Waals surface area contributed by atoms with Crippen LogP contribution >= 0.6 is 0 Å². The summed E-state index contributed by atoms with van der Waals surface area (Å²) in [6, 6.07) is 0. The second kappa shape index (κ2) is 5.61. The van der Waals surface area contributed by atoms with E-state index in [-0.39, 0.29) is 5.91 Å². The van der Waals surface area contributed by atoms with E-state index >= 15 is 0 Å². The number of carbonyl (C=O) groups is 1. The second-order valence-corrected chi connectivity index (χ2v) is 5.03. The van der Waals surface area contributed by atoms with Crippen LogP contribution in [0.25, 0.3) is 0 Å². The van der Waals surface area contributed by atoms with Crippen LogP contribution in [0.1, 0.15) is 25.7 Å². The zero-order valence-corrected chi connectivity index (χ0v) is 10.6. The van der Waals surface area contributed by atoms with Gasteiger partial charge in [0, 0.05) is 25.0 Å². The number of hydrogen-bond acceptors (Lipinski definition) is 4. The third-order valence-electron chi connectivity index (χ3n) is 3.68. The average Bonchev–Trinajstić information content (AvgIpc) is 2.19. The molecule has 1 aliphatic carbocycles. The first kappa shape index (κ1) is 13.4. The summed E-state index contributed by atoms with van der Waals surface area (Å²) in [7, 11) is 6.34. The lowest BCUT2D eigenvalue weighted by atomic mass is 9.75. The Morgan fingerprint density at radius 3 is 2.38 bits per heavy atom. The van der Waals surface area contributed by atoms with Crippen LogP contribution in [0, 0.1) is 0 Å². The number of carbonyl (C=O) groups excluding carboxylic acids is 1. The normalized spacial score (nSPS) is 18.6. The summed E-state index contributed by atoms with van der Waals surface area (Å²) in [6.45, 7) is 1.79. The number of nitrogens with two attached hydrogens (primary N) is 1. The highest BCUT2D eigenvalue weighted by Crippen LogP contribution is 2.36. The van der Waals surface area contributed by atoms with Gasteiger partial charge in [-0.15, -0.1) is 0 Å². The van der Waals surface area contributed by atoms with Crippen LogP contribution in [-0.4, -0.2) is 55.5 Å². The van der Waals surface area contributed by atoms with Crippen molar-refractivity contribution in [2.75, 3.05) is 34.2 Å². The van der Waals surface area contributed by atoms with Gasteiger partial charge in [-0.05, 0) is 40.4 Å². The zero-order chi connectivity index (χ0) is 12.2. The zero-order valence-electron chi connectivity index (χ0n) is 10.6. The van der Waals surface area contributed by atoms with Gasteiger partial charge in [0.05, 0.1) is 0 Å². The molecule has 1 fully saturated rings. The van der Waals surface area contributed by atoms with Gasteiger partial charge in [-0.3, -0.25) is 10.2 Å².